The first-order valence-corrected chi connectivity index (χ1v) is 12.8. The van der Waals surface area contributed by atoms with E-state index in [-0.39, 0.29) is 29.1 Å². The smallest absolute Gasteiger partial charge is 0.254 e. The van der Waals surface area contributed by atoms with Crippen LogP contribution in [0.4, 0.5) is 0 Å². The molecule has 2 aliphatic heterocycles. The number of hydrogen-bond acceptors (Lipinski definition) is 5. The summed E-state index contributed by atoms with van der Waals surface area (Å²) in [5, 5.41) is 0. The summed E-state index contributed by atoms with van der Waals surface area (Å²) in [5.74, 6) is -0.0636. The number of carbonyl (C=O) groups is 1. The fourth-order valence-corrected chi connectivity index (χ4v) is 6.29. The number of pyridine rings is 1. The van der Waals surface area contributed by atoms with Gasteiger partial charge in [0.25, 0.3) is 5.91 Å². The van der Waals surface area contributed by atoms with Crippen LogP contribution in [0.2, 0.25) is 0 Å². The number of amides is 1. The van der Waals surface area contributed by atoms with Crippen LogP contribution in [-0.2, 0) is 14.8 Å². The van der Waals surface area contributed by atoms with E-state index in [0.717, 1.165) is 31.2 Å². The maximum Gasteiger partial charge on any atom is 0.254 e. The number of nitrogens with zero attached hydrogens (tertiary/aromatic N) is 3. The van der Waals surface area contributed by atoms with Crippen molar-refractivity contribution in [1.29, 1.82) is 0 Å². The molecule has 2 saturated heterocycles. The zero-order valence-corrected chi connectivity index (χ0v) is 19.5. The van der Waals surface area contributed by atoms with Crippen molar-refractivity contribution in [3.05, 3.63) is 59.9 Å². The van der Waals surface area contributed by atoms with Crippen LogP contribution in [0.25, 0.3) is 0 Å². The van der Waals surface area contributed by atoms with Gasteiger partial charge in [0.2, 0.25) is 10.0 Å². The highest BCUT2D eigenvalue weighted by molar-refractivity contribution is 7.89. The number of hydrogen-bond donors (Lipinski definition) is 0. The molecule has 1 aromatic carbocycles. The molecular weight excluding hydrogens is 426 g/mol. The molecule has 0 radical (unpaired) electrons. The highest BCUT2D eigenvalue weighted by atomic mass is 32.2. The first-order chi connectivity index (χ1) is 15.4. The zero-order chi connectivity index (χ0) is 22.7. The van der Waals surface area contributed by atoms with Crippen molar-refractivity contribution in [2.75, 3.05) is 19.6 Å². The average molecular weight is 458 g/mol. The van der Waals surface area contributed by atoms with Crippen LogP contribution in [0.1, 0.15) is 61.5 Å². The van der Waals surface area contributed by atoms with E-state index in [2.05, 4.69) is 4.98 Å². The molecule has 8 heteroatoms. The third kappa shape index (κ3) is 4.87. The molecule has 2 aromatic rings. The Morgan fingerprint density at radius 2 is 1.62 bits per heavy atom. The van der Waals surface area contributed by atoms with Crippen molar-refractivity contribution in [2.45, 2.75) is 62.7 Å². The van der Waals surface area contributed by atoms with Gasteiger partial charge in [0.1, 0.15) is 0 Å². The number of benzene rings is 1. The minimum atomic E-state index is -3.63. The second-order valence-electron chi connectivity index (χ2n) is 8.75. The van der Waals surface area contributed by atoms with E-state index >= 15 is 0 Å². The molecule has 0 aliphatic carbocycles. The van der Waals surface area contributed by atoms with E-state index in [1.807, 2.05) is 30.9 Å². The van der Waals surface area contributed by atoms with E-state index in [1.165, 1.54) is 4.31 Å². The van der Waals surface area contributed by atoms with Gasteiger partial charge < -0.3 is 9.64 Å². The zero-order valence-electron chi connectivity index (χ0n) is 18.7. The molecular formula is C24H31N3O4S. The van der Waals surface area contributed by atoms with E-state index < -0.39 is 10.0 Å². The van der Waals surface area contributed by atoms with Crippen LogP contribution < -0.4 is 0 Å². The number of rotatable bonds is 4. The second-order valence-corrected chi connectivity index (χ2v) is 10.7. The molecule has 2 fully saturated rings. The van der Waals surface area contributed by atoms with Crippen LogP contribution in [-0.4, -0.2) is 60.4 Å². The maximum absolute atomic E-state index is 13.4. The van der Waals surface area contributed by atoms with Gasteiger partial charge in [-0.2, -0.15) is 4.31 Å². The van der Waals surface area contributed by atoms with Gasteiger partial charge in [-0.3, -0.25) is 9.78 Å². The molecule has 0 spiro atoms. The Kier molecular flexibility index (Phi) is 6.93. The van der Waals surface area contributed by atoms with Gasteiger partial charge in [-0.25, -0.2) is 8.42 Å². The SMILES string of the molecule is CC1CN(S(=O)(=O)c2ccc(C(=O)N3CCCCCC3c3ccncc3)cc2)CC(C)O1. The molecule has 2 aliphatic rings. The predicted octanol–water partition coefficient (Wildman–Crippen LogP) is 3.64. The first-order valence-electron chi connectivity index (χ1n) is 11.3. The average Bonchev–Trinajstić information content (AvgIpc) is 3.05. The predicted molar refractivity (Wildman–Crippen MR) is 122 cm³/mol. The molecule has 172 valence electrons. The Morgan fingerprint density at radius 1 is 0.969 bits per heavy atom. The largest absolute Gasteiger partial charge is 0.373 e. The van der Waals surface area contributed by atoms with E-state index in [0.29, 0.717) is 25.2 Å². The van der Waals surface area contributed by atoms with Crippen molar-refractivity contribution < 1.29 is 17.9 Å². The lowest BCUT2D eigenvalue weighted by atomic mass is 10.0. The van der Waals surface area contributed by atoms with Crippen LogP contribution in [0.15, 0.2) is 53.7 Å². The second kappa shape index (κ2) is 9.68. The summed E-state index contributed by atoms with van der Waals surface area (Å²) in [6.45, 7) is 5.10. The highest BCUT2D eigenvalue weighted by Crippen LogP contribution is 2.31. The van der Waals surface area contributed by atoms with E-state index in [1.54, 1.807) is 36.7 Å². The fourth-order valence-electron chi connectivity index (χ4n) is 4.69. The normalized spacial score (nSPS) is 25.3. The topological polar surface area (TPSA) is 79.8 Å². The molecule has 1 aromatic heterocycles. The minimum Gasteiger partial charge on any atom is -0.373 e. The molecule has 4 rings (SSSR count). The molecule has 0 N–H and O–H groups in total. The number of carbonyl (C=O) groups excluding carboxylic acids is 1. The number of sulfonamides is 1. The Labute approximate surface area is 190 Å². The molecule has 32 heavy (non-hydrogen) atoms. The number of likely N-dealkylation sites (tertiary alicyclic amines) is 1. The maximum atomic E-state index is 13.4. The Bertz CT molecular complexity index is 1020. The number of ether oxygens (including phenoxy) is 1. The van der Waals surface area contributed by atoms with Gasteiger partial charge in [0.15, 0.2) is 0 Å². The molecule has 0 saturated carbocycles. The van der Waals surface area contributed by atoms with Gasteiger partial charge in [0, 0.05) is 37.6 Å². The summed E-state index contributed by atoms with van der Waals surface area (Å²) in [5.41, 5.74) is 1.60. The summed E-state index contributed by atoms with van der Waals surface area (Å²) >= 11 is 0. The Balaban J connectivity index is 1.55. The van der Waals surface area contributed by atoms with Gasteiger partial charge >= 0.3 is 0 Å². The highest BCUT2D eigenvalue weighted by Gasteiger charge is 2.33. The molecule has 3 unspecified atom stereocenters. The van der Waals surface area contributed by atoms with Crippen molar-refractivity contribution >= 4 is 15.9 Å². The fraction of sp³-hybridized carbons (Fsp3) is 0.500. The Hall–Kier alpha value is -2.29. The van der Waals surface area contributed by atoms with Crippen LogP contribution >= 0.6 is 0 Å². The minimum absolute atomic E-state index is 0.00716. The standard InChI is InChI=1S/C24H31N3O4S/c1-18-16-26(17-19(2)31-18)32(29,30)22-9-7-21(8-10-22)24(28)27-15-5-3-4-6-23(27)20-11-13-25-14-12-20/h7-14,18-19,23H,3-6,15-17H2,1-2H3. The first kappa shape index (κ1) is 22.9. The van der Waals surface area contributed by atoms with Crippen LogP contribution in [0, 0.1) is 0 Å². The van der Waals surface area contributed by atoms with E-state index in [4.69, 9.17) is 4.74 Å². The quantitative estimate of drug-likeness (QED) is 0.700. The van der Waals surface area contributed by atoms with Gasteiger partial charge in [-0.05, 0) is 68.7 Å². The third-order valence-corrected chi connectivity index (χ3v) is 8.08. The van der Waals surface area contributed by atoms with Crippen LogP contribution in [0.5, 0.6) is 0 Å². The summed E-state index contributed by atoms with van der Waals surface area (Å²) < 4.78 is 33.4. The molecule has 1 amide bonds. The Morgan fingerprint density at radius 3 is 2.28 bits per heavy atom. The molecule has 3 heterocycles. The summed E-state index contributed by atoms with van der Waals surface area (Å²) in [7, 11) is -3.63. The molecule has 3 atom stereocenters. The third-order valence-electron chi connectivity index (χ3n) is 6.23. The van der Waals surface area contributed by atoms with E-state index in [9.17, 15) is 13.2 Å². The van der Waals surface area contributed by atoms with Crippen molar-refractivity contribution in [2.24, 2.45) is 0 Å². The molecule has 0 bridgehead atoms. The van der Waals surface area contributed by atoms with Gasteiger partial charge in [-0.15, -0.1) is 0 Å². The lowest BCUT2D eigenvalue weighted by molar-refractivity contribution is -0.0440. The number of aromatic nitrogens is 1. The van der Waals surface area contributed by atoms with Crippen molar-refractivity contribution in [3.63, 3.8) is 0 Å². The van der Waals surface area contributed by atoms with Gasteiger partial charge in [0.05, 0.1) is 23.1 Å². The number of morpholine rings is 1. The molecule has 7 nitrogen and oxygen atoms in total. The van der Waals surface area contributed by atoms with Crippen molar-refractivity contribution in [1.82, 2.24) is 14.2 Å². The monoisotopic (exact) mass is 457 g/mol. The lowest BCUT2D eigenvalue weighted by Gasteiger charge is -2.34. The summed E-state index contributed by atoms with van der Waals surface area (Å²) in [6.07, 6.45) is 7.27. The van der Waals surface area contributed by atoms with Gasteiger partial charge in [-0.1, -0.05) is 12.8 Å². The summed E-state index contributed by atoms with van der Waals surface area (Å²) in [4.78, 5) is 19.7. The van der Waals surface area contributed by atoms with Crippen LogP contribution in [0.3, 0.4) is 0 Å². The lowest BCUT2D eigenvalue weighted by Crippen LogP contribution is -2.48. The summed E-state index contributed by atoms with van der Waals surface area (Å²) in [6, 6.07) is 10.3. The van der Waals surface area contributed by atoms with Crippen molar-refractivity contribution in [3.8, 4) is 0 Å².